The van der Waals surface area contributed by atoms with Crippen LogP contribution in [0.3, 0.4) is 0 Å². The van der Waals surface area contributed by atoms with E-state index < -0.39 is 5.97 Å². The van der Waals surface area contributed by atoms with Crippen molar-refractivity contribution in [3.63, 3.8) is 0 Å². The second-order valence-corrected chi connectivity index (χ2v) is 4.13. The molecule has 5 nitrogen and oxygen atoms in total. The van der Waals surface area contributed by atoms with Crippen molar-refractivity contribution in [2.24, 2.45) is 0 Å². The second-order valence-electron chi connectivity index (χ2n) is 4.13. The van der Waals surface area contributed by atoms with E-state index in [9.17, 15) is 9.18 Å². The van der Waals surface area contributed by atoms with Crippen LogP contribution in [-0.4, -0.2) is 20.8 Å². The minimum atomic E-state index is -1.13. The number of hydrogen-bond acceptors (Lipinski definition) is 3. The van der Waals surface area contributed by atoms with Gasteiger partial charge in [0.1, 0.15) is 5.82 Å². The van der Waals surface area contributed by atoms with Gasteiger partial charge in [-0.05, 0) is 24.3 Å². The third-order valence-corrected chi connectivity index (χ3v) is 2.84. The summed E-state index contributed by atoms with van der Waals surface area (Å²) in [6, 6.07) is 7.64. The molecule has 0 atom stereocenters. The Morgan fingerprint density at radius 1 is 1.37 bits per heavy atom. The van der Waals surface area contributed by atoms with Gasteiger partial charge in [0.25, 0.3) is 0 Å². The molecule has 0 aliphatic carbocycles. The first-order chi connectivity index (χ1) is 9.13. The van der Waals surface area contributed by atoms with E-state index in [-0.39, 0.29) is 11.5 Å². The van der Waals surface area contributed by atoms with Gasteiger partial charge in [0, 0.05) is 23.2 Å². The SMILES string of the molecule is O=C(O)c1cc(Cn2ccc3cc(F)ccc32)on1. The summed E-state index contributed by atoms with van der Waals surface area (Å²) in [5.41, 5.74) is 0.715. The monoisotopic (exact) mass is 260 g/mol. The number of aromatic nitrogens is 2. The molecule has 0 radical (unpaired) electrons. The molecule has 0 fully saturated rings. The van der Waals surface area contributed by atoms with E-state index in [1.807, 2.05) is 4.57 Å². The van der Waals surface area contributed by atoms with Gasteiger partial charge in [-0.1, -0.05) is 5.16 Å². The Labute approximate surface area is 106 Å². The molecule has 0 saturated carbocycles. The van der Waals surface area contributed by atoms with Gasteiger partial charge in [0.15, 0.2) is 11.5 Å². The zero-order valence-electron chi connectivity index (χ0n) is 9.71. The van der Waals surface area contributed by atoms with Crippen LogP contribution in [0.15, 0.2) is 41.1 Å². The van der Waals surface area contributed by atoms with E-state index in [0.29, 0.717) is 12.3 Å². The van der Waals surface area contributed by atoms with Gasteiger partial charge in [0.2, 0.25) is 0 Å². The molecule has 6 heteroatoms. The first kappa shape index (κ1) is 11.5. The van der Waals surface area contributed by atoms with E-state index in [0.717, 1.165) is 10.9 Å². The molecule has 3 rings (SSSR count). The van der Waals surface area contributed by atoms with Gasteiger partial charge in [-0.3, -0.25) is 0 Å². The second kappa shape index (κ2) is 4.24. The lowest BCUT2D eigenvalue weighted by atomic mass is 10.2. The molecular weight excluding hydrogens is 251 g/mol. The van der Waals surface area contributed by atoms with Crippen molar-refractivity contribution in [2.45, 2.75) is 6.54 Å². The zero-order valence-corrected chi connectivity index (χ0v) is 9.71. The molecule has 0 bridgehead atoms. The van der Waals surface area contributed by atoms with E-state index >= 15 is 0 Å². The summed E-state index contributed by atoms with van der Waals surface area (Å²) in [5, 5.41) is 13.0. The number of fused-ring (bicyclic) bond motifs is 1. The number of nitrogens with zero attached hydrogens (tertiary/aromatic N) is 2. The highest BCUT2D eigenvalue weighted by Crippen LogP contribution is 2.18. The smallest absolute Gasteiger partial charge is 0.358 e. The summed E-state index contributed by atoms with van der Waals surface area (Å²) in [7, 11) is 0. The van der Waals surface area contributed by atoms with Gasteiger partial charge < -0.3 is 14.2 Å². The maximum Gasteiger partial charge on any atom is 0.358 e. The number of rotatable bonds is 3. The quantitative estimate of drug-likeness (QED) is 0.785. The van der Waals surface area contributed by atoms with Crippen LogP contribution >= 0.6 is 0 Å². The van der Waals surface area contributed by atoms with Crippen LogP contribution in [0.25, 0.3) is 10.9 Å². The fourth-order valence-electron chi connectivity index (χ4n) is 1.97. The molecule has 0 unspecified atom stereocenters. The molecule has 0 amide bonds. The van der Waals surface area contributed by atoms with Crippen molar-refractivity contribution < 1.29 is 18.8 Å². The van der Waals surface area contributed by atoms with Gasteiger partial charge in [-0.15, -0.1) is 0 Å². The predicted molar refractivity (Wildman–Crippen MR) is 64.5 cm³/mol. The summed E-state index contributed by atoms with van der Waals surface area (Å²) in [6.45, 7) is 0.343. The largest absolute Gasteiger partial charge is 0.476 e. The highest BCUT2D eigenvalue weighted by Gasteiger charge is 2.11. The number of benzene rings is 1. The highest BCUT2D eigenvalue weighted by atomic mass is 19.1. The van der Waals surface area contributed by atoms with Crippen LogP contribution in [0.1, 0.15) is 16.2 Å². The van der Waals surface area contributed by atoms with Crippen LogP contribution in [0, 0.1) is 5.82 Å². The van der Waals surface area contributed by atoms with E-state index in [4.69, 9.17) is 9.63 Å². The lowest BCUT2D eigenvalue weighted by Gasteiger charge is -2.01. The average molecular weight is 260 g/mol. The Hall–Kier alpha value is -2.63. The minimum Gasteiger partial charge on any atom is -0.476 e. The van der Waals surface area contributed by atoms with Crippen molar-refractivity contribution in [2.75, 3.05) is 0 Å². The number of carboxylic acids is 1. The van der Waals surface area contributed by atoms with Crippen molar-refractivity contribution in [1.82, 2.24) is 9.72 Å². The Balaban J connectivity index is 1.94. The summed E-state index contributed by atoms with van der Waals surface area (Å²) >= 11 is 0. The number of carbonyl (C=O) groups is 1. The Bertz CT molecular complexity index is 760. The van der Waals surface area contributed by atoms with Crippen LogP contribution in [0.5, 0.6) is 0 Å². The van der Waals surface area contributed by atoms with E-state index in [1.54, 1.807) is 18.3 Å². The molecule has 3 aromatic rings. The van der Waals surface area contributed by atoms with Crippen LogP contribution in [-0.2, 0) is 6.54 Å². The van der Waals surface area contributed by atoms with E-state index in [1.165, 1.54) is 18.2 Å². The topological polar surface area (TPSA) is 68.3 Å². The summed E-state index contributed by atoms with van der Waals surface area (Å²) in [4.78, 5) is 10.7. The molecular formula is C13H9FN2O3. The number of halogens is 1. The molecule has 19 heavy (non-hydrogen) atoms. The molecule has 0 aliphatic rings. The van der Waals surface area contributed by atoms with E-state index in [2.05, 4.69) is 5.16 Å². The molecule has 0 spiro atoms. The molecule has 1 aromatic carbocycles. The van der Waals surface area contributed by atoms with Crippen LogP contribution in [0.2, 0.25) is 0 Å². The summed E-state index contributed by atoms with van der Waals surface area (Å²) in [6.07, 6.45) is 1.78. The fraction of sp³-hybridized carbons (Fsp3) is 0.0769. The predicted octanol–water partition coefficient (Wildman–Crippen LogP) is 2.51. The van der Waals surface area contributed by atoms with Crippen molar-refractivity contribution in [1.29, 1.82) is 0 Å². The summed E-state index contributed by atoms with van der Waals surface area (Å²) < 4.78 is 19.8. The summed E-state index contributed by atoms with van der Waals surface area (Å²) in [5.74, 6) is -0.994. The third kappa shape index (κ3) is 2.08. The first-order valence-corrected chi connectivity index (χ1v) is 5.57. The maximum absolute atomic E-state index is 13.1. The standard InChI is InChI=1S/C13H9FN2O3/c14-9-1-2-12-8(5-9)3-4-16(12)7-10-6-11(13(17)18)15-19-10/h1-6H,7H2,(H,17,18). The average Bonchev–Trinajstić information content (AvgIpc) is 2.97. The maximum atomic E-state index is 13.1. The molecule has 0 aliphatic heterocycles. The Morgan fingerprint density at radius 2 is 2.21 bits per heavy atom. The normalized spacial score (nSPS) is 11.0. The third-order valence-electron chi connectivity index (χ3n) is 2.84. The van der Waals surface area contributed by atoms with Crippen molar-refractivity contribution in [3.05, 3.63) is 53.8 Å². The van der Waals surface area contributed by atoms with Gasteiger partial charge in [-0.2, -0.15) is 0 Å². The van der Waals surface area contributed by atoms with Gasteiger partial charge >= 0.3 is 5.97 Å². The van der Waals surface area contributed by atoms with Crippen molar-refractivity contribution in [3.8, 4) is 0 Å². The molecule has 0 saturated heterocycles. The van der Waals surface area contributed by atoms with Gasteiger partial charge in [0.05, 0.1) is 6.54 Å². The lowest BCUT2D eigenvalue weighted by Crippen LogP contribution is -1.97. The van der Waals surface area contributed by atoms with Gasteiger partial charge in [-0.25, -0.2) is 9.18 Å². The zero-order chi connectivity index (χ0) is 13.4. The van der Waals surface area contributed by atoms with Crippen LogP contribution in [0.4, 0.5) is 4.39 Å². The number of aromatic carboxylic acids is 1. The van der Waals surface area contributed by atoms with Crippen molar-refractivity contribution >= 4 is 16.9 Å². The molecule has 1 N–H and O–H groups in total. The Kier molecular flexibility index (Phi) is 2.56. The molecule has 2 aromatic heterocycles. The minimum absolute atomic E-state index is 0.127. The Morgan fingerprint density at radius 3 is 2.95 bits per heavy atom. The lowest BCUT2D eigenvalue weighted by molar-refractivity contribution is 0.0685. The highest BCUT2D eigenvalue weighted by molar-refractivity contribution is 5.85. The molecule has 96 valence electrons. The first-order valence-electron chi connectivity index (χ1n) is 5.57. The number of carboxylic acid groups (broad SMARTS) is 1. The fourth-order valence-corrected chi connectivity index (χ4v) is 1.97. The van der Waals surface area contributed by atoms with Crippen LogP contribution < -0.4 is 0 Å². The molecule has 2 heterocycles. The number of hydrogen-bond donors (Lipinski definition) is 1.